The predicted octanol–water partition coefficient (Wildman–Crippen LogP) is 2.68. The Morgan fingerprint density at radius 2 is 1.96 bits per heavy atom. The highest BCUT2D eigenvalue weighted by Gasteiger charge is 2.18. The van der Waals surface area contributed by atoms with Gasteiger partial charge in [-0.2, -0.15) is 0 Å². The maximum atomic E-state index is 11.7. The van der Waals surface area contributed by atoms with Gasteiger partial charge in [-0.25, -0.2) is 4.79 Å². The fraction of sp³-hybridized carbons (Fsp3) is 0.556. The van der Waals surface area contributed by atoms with Crippen LogP contribution in [0.25, 0.3) is 0 Å². The fourth-order valence-electron chi connectivity index (χ4n) is 2.80. The number of urea groups is 1. The van der Waals surface area contributed by atoms with Crippen LogP contribution in [0.4, 0.5) is 4.79 Å². The molecule has 7 heteroatoms. The molecular formula is C18H26N2O5. The zero-order valence-electron chi connectivity index (χ0n) is 14.5. The van der Waals surface area contributed by atoms with Crippen molar-refractivity contribution in [2.75, 3.05) is 13.7 Å². The van der Waals surface area contributed by atoms with Crippen molar-refractivity contribution in [3.63, 3.8) is 0 Å². The van der Waals surface area contributed by atoms with Gasteiger partial charge in [-0.05, 0) is 49.8 Å². The minimum atomic E-state index is -0.866. The Bertz CT molecular complexity index is 585. The molecule has 1 fully saturated rings. The number of ether oxygens (including phenoxy) is 2. The molecule has 1 saturated carbocycles. The van der Waals surface area contributed by atoms with Crippen molar-refractivity contribution in [3.8, 4) is 11.5 Å². The van der Waals surface area contributed by atoms with E-state index in [1.54, 1.807) is 7.11 Å². The number of methoxy groups -OCH3 is 1. The first-order chi connectivity index (χ1) is 12.1. The quantitative estimate of drug-likeness (QED) is 0.595. The molecule has 0 heterocycles. The summed E-state index contributed by atoms with van der Waals surface area (Å²) in [7, 11) is 1.61. The van der Waals surface area contributed by atoms with Gasteiger partial charge >= 0.3 is 12.0 Å². The van der Waals surface area contributed by atoms with Gasteiger partial charge in [-0.15, -0.1) is 0 Å². The minimum absolute atomic E-state index is 0.0423. The molecule has 0 bridgehead atoms. The highest BCUT2D eigenvalue weighted by atomic mass is 16.5. The van der Waals surface area contributed by atoms with E-state index in [1.807, 2.05) is 18.2 Å². The third-order valence-corrected chi connectivity index (χ3v) is 4.13. The summed E-state index contributed by atoms with van der Waals surface area (Å²) in [5.74, 6) is 0.527. The SMILES string of the molecule is COc1ccc(CNC(=O)NCCCC(=O)O)cc1OC1CCCC1. The standard InChI is InChI=1S/C18H26N2O5/c1-24-15-9-8-13(11-16(15)25-14-5-2-3-6-14)12-20-18(23)19-10-4-7-17(21)22/h8-9,11,14H,2-7,10,12H2,1H3,(H,21,22)(H2,19,20,23). The van der Waals surface area contributed by atoms with E-state index in [0.29, 0.717) is 31.0 Å². The van der Waals surface area contributed by atoms with E-state index < -0.39 is 5.97 Å². The lowest BCUT2D eigenvalue weighted by Crippen LogP contribution is -2.35. The maximum Gasteiger partial charge on any atom is 0.315 e. The number of amides is 2. The number of carbonyl (C=O) groups is 2. The zero-order chi connectivity index (χ0) is 18.1. The summed E-state index contributed by atoms with van der Waals surface area (Å²) < 4.78 is 11.4. The van der Waals surface area contributed by atoms with Gasteiger partial charge in [0.1, 0.15) is 0 Å². The maximum absolute atomic E-state index is 11.7. The van der Waals surface area contributed by atoms with Gasteiger partial charge in [0.2, 0.25) is 0 Å². The number of hydrogen-bond donors (Lipinski definition) is 3. The van der Waals surface area contributed by atoms with Gasteiger partial charge in [0, 0.05) is 19.5 Å². The Labute approximate surface area is 147 Å². The van der Waals surface area contributed by atoms with E-state index in [0.717, 1.165) is 18.4 Å². The first-order valence-electron chi connectivity index (χ1n) is 8.65. The van der Waals surface area contributed by atoms with Crippen LogP contribution in [-0.2, 0) is 11.3 Å². The molecule has 25 heavy (non-hydrogen) atoms. The van der Waals surface area contributed by atoms with Crippen LogP contribution in [0.1, 0.15) is 44.1 Å². The summed E-state index contributed by atoms with van der Waals surface area (Å²) in [5, 5.41) is 13.9. The first-order valence-corrected chi connectivity index (χ1v) is 8.65. The Morgan fingerprint density at radius 3 is 2.64 bits per heavy atom. The van der Waals surface area contributed by atoms with E-state index in [4.69, 9.17) is 14.6 Å². The molecule has 2 amide bonds. The van der Waals surface area contributed by atoms with Crippen LogP contribution >= 0.6 is 0 Å². The number of hydrogen-bond acceptors (Lipinski definition) is 4. The number of carboxylic acid groups (broad SMARTS) is 1. The van der Waals surface area contributed by atoms with Crippen molar-refractivity contribution in [2.24, 2.45) is 0 Å². The molecule has 0 radical (unpaired) electrons. The number of rotatable bonds is 9. The molecule has 138 valence electrons. The summed E-state index contributed by atoms with van der Waals surface area (Å²) in [5.41, 5.74) is 0.912. The minimum Gasteiger partial charge on any atom is -0.493 e. The molecule has 0 atom stereocenters. The van der Waals surface area contributed by atoms with Crippen LogP contribution in [0.3, 0.4) is 0 Å². The second-order valence-electron chi connectivity index (χ2n) is 6.12. The molecule has 3 N–H and O–H groups in total. The number of aliphatic carboxylic acids is 1. The van der Waals surface area contributed by atoms with Crippen LogP contribution in [0.5, 0.6) is 11.5 Å². The average Bonchev–Trinajstić information content (AvgIpc) is 3.10. The first kappa shape index (κ1) is 18.9. The molecule has 0 aromatic heterocycles. The van der Waals surface area contributed by atoms with Gasteiger partial charge in [0.15, 0.2) is 11.5 Å². The van der Waals surface area contributed by atoms with Gasteiger partial charge in [-0.3, -0.25) is 4.79 Å². The summed E-state index contributed by atoms with van der Waals surface area (Å²) >= 11 is 0. The van der Waals surface area contributed by atoms with Gasteiger partial charge < -0.3 is 25.2 Å². The molecule has 0 spiro atoms. The van der Waals surface area contributed by atoms with Crippen molar-refractivity contribution in [3.05, 3.63) is 23.8 Å². The Kier molecular flexibility index (Phi) is 7.37. The smallest absolute Gasteiger partial charge is 0.315 e. The fourth-order valence-corrected chi connectivity index (χ4v) is 2.80. The van der Waals surface area contributed by atoms with Gasteiger partial charge in [0.25, 0.3) is 0 Å². The largest absolute Gasteiger partial charge is 0.493 e. The topological polar surface area (TPSA) is 96.9 Å². The second-order valence-corrected chi connectivity index (χ2v) is 6.12. The lowest BCUT2D eigenvalue weighted by molar-refractivity contribution is -0.137. The molecule has 7 nitrogen and oxygen atoms in total. The molecule has 0 aliphatic heterocycles. The lowest BCUT2D eigenvalue weighted by atomic mass is 10.2. The summed E-state index contributed by atoms with van der Waals surface area (Å²) in [6.07, 6.45) is 5.18. The molecule has 1 aromatic carbocycles. The van der Waals surface area contributed by atoms with Crippen molar-refractivity contribution < 1.29 is 24.2 Å². The number of benzene rings is 1. The average molecular weight is 350 g/mol. The van der Waals surface area contributed by atoms with E-state index in [9.17, 15) is 9.59 Å². The number of nitrogens with one attached hydrogen (secondary N) is 2. The molecule has 0 unspecified atom stereocenters. The second kappa shape index (κ2) is 9.76. The molecule has 1 aromatic rings. The van der Waals surface area contributed by atoms with Gasteiger partial charge in [0.05, 0.1) is 13.2 Å². The monoisotopic (exact) mass is 350 g/mol. The van der Waals surface area contributed by atoms with Crippen molar-refractivity contribution >= 4 is 12.0 Å². The summed E-state index contributed by atoms with van der Waals surface area (Å²) in [6, 6.07) is 5.29. The van der Waals surface area contributed by atoms with E-state index in [1.165, 1.54) is 12.8 Å². The van der Waals surface area contributed by atoms with Crippen molar-refractivity contribution in [2.45, 2.75) is 51.2 Å². The zero-order valence-corrected chi connectivity index (χ0v) is 14.5. The Morgan fingerprint density at radius 1 is 1.20 bits per heavy atom. The van der Waals surface area contributed by atoms with E-state index in [2.05, 4.69) is 10.6 Å². The van der Waals surface area contributed by atoms with Crippen LogP contribution in [-0.4, -0.2) is 36.9 Å². The molecule has 2 rings (SSSR count). The summed E-state index contributed by atoms with van der Waals surface area (Å²) in [6.45, 7) is 0.687. The number of carboxylic acids is 1. The highest BCUT2D eigenvalue weighted by molar-refractivity contribution is 5.74. The van der Waals surface area contributed by atoms with E-state index in [-0.39, 0.29) is 18.6 Å². The number of carbonyl (C=O) groups excluding carboxylic acids is 1. The van der Waals surface area contributed by atoms with Crippen LogP contribution in [0.15, 0.2) is 18.2 Å². The van der Waals surface area contributed by atoms with Crippen LogP contribution in [0, 0.1) is 0 Å². The molecule has 0 saturated heterocycles. The molecule has 1 aliphatic rings. The van der Waals surface area contributed by atoms with Gasteiger partial charge in [-0.1, -0.05) is 6.07 Å². The normalized spacial score (nSPS) is 14.1. The third-order valence-electron chi connectivity index (χ3n) is 4.13. The van der Waals surface area contributed by atoms with Crippen molar-refractivity contribution in [1.82, 2.24) is 10.6 Å². The van der Waals surface area contributed by atoms with E-state index >= 15 is 0 Å². The predicted molar refractivity (Wildman–Crippen MR) is 93.0 cm³/mol. The lowest BCUT2D eigenvalue weighted by Gasteiger charge is -2.17. The van der Waals surface area contributed by atoms with Crippen LogP contribution in [0.2, 0.25) is 0 Å². The third kappa shape index (κ3) is 6.52. The Hall–Kier alpha value is -2.44. The molecule has 1 aliphatic carbocycles. The summed E-state index contributed by atoms with van der Waals surface area (Å²) in [4.78, 5) is 22.1. The molecular weight excluding hydrogens is 324 g/mol. The highest BCUT2D eigenvalue weighted by Crippen LogP contribution is 2.32. The van der Waals surface area contributed by atoms with Crippen LogP contribution < -0.4 is 20.1 Å². The van der Waals surface area contributed by atoms with Crippen molar-refractivity contribution in [1.29, 1.82) is 0 Å². The Balaban J connectivity index is 1.82.